The monoisotopic (exact) mass is 322 g/mol. The third kappa shape index (κ3) is 2.38. The Morgan fingerprint density at radius 1 is 0.652 bits per heavy atom. The second kappa shape index (κ2) is 5.62. The lowest BCUT2D eigenvalue weighted by molar-refractivity contribution is 0.690. The fourth-order valence-corrected chi connectivity index (χ4v) is 10.2. The average Bonchev–Trinajstić information content (AvgIpc) is 3.02. The third-order valence-electron chi connectivity index (χ3n) is 6.44. The maximum atomic E-state index is 2.63. The Balaban J connectivity index is 1.79. The Morgan fingerprint density at radius 2 is 1.04 bits per heavy atom. The Morgan fingerprint density at radius 3 is 1.48 bits per heavy atom. The van der Waals surface area contributed by atoms with Crippen LogP contribution in [-0.4, -0.2) is 8.07 Å². The molecule has 0 heterocycles. The molecule has 0 aromatic rings. The van der Waals surface area contributed by atoms with Crippen molar-refractivity contribution >= 4 is 8.07 Å². The molecular weight excluding hydrogens is 292 g/mol. The first-order valence-corrected chi connectivity index (χ1v) is 12.6. The molecule has 4 rings (SSSR count). The van der Waals surface area contributed by atoms with Gasteiger partial charge in [0.15, 0.2) is 0 Å². The Kier molecular flexibility index (Phi) is 3.83. The molecule has 0 amide bonds. The molecule has 0 aromatic heterocycles. The minimum atomic E-state index is -1.60. The number of rotatable bonds is 2. The summed E-state index contributed by atoms with van der Waals surface area (Å²) in [5.74, 6) is 0. The van der Waals surface area contributed by atoms with E-state index in [2.05, 4.69) is 39.8 Å². The second-order valence-electron chi connectivity index (χ2n) is 8.45. The highest BCUT2D eigenvalue weighted by atomic mass is 28.3. The van der Waals surface area contributed by atoms with E-state index in [9.17, 15) is 0 Å². The van der Waals surface area contributed by atoms with Crippen molar-refractivity contribution in [2.45, 2.75) is 78.3 Å². The van der Waals surface area contributed by atoms with Crippen LogP contribution in [0.3, 0.4) is 0 Å². The van der Waals surface area contributed by atoms with Gasteiger partial charge >= 0.3 is 0 Å². The molecular formula is C22H30Si. The van der Waals surface area contributed by atoms with Gasteiger partial charge in [-0.2, -0.15) is 0 Å². The van der Waals surface area contributed by atoms with Gasteiger partial charge in [0.2, 0.25) is 0 Å². The molecule has 0 spiro atoms. The van der Waals surface area contributed by atoms with Gasteiger partial charge in [-0.3, -0.25) is 0 Å². The molecule has 4 aliphatic carbocycles. The first-order chi connectivity index (χ1) is 11.0. The van der Waals surface area contributed by atoms with Crippen LogP contribution in [0.25, 0.3) is 0 Å². The molecule has 2 radical (unpaired) electrons. The van der Waals surface area contributed by atoms with E-state index in [1.807, 2.05) is 0 Å². The van der Waals surface area contributed by atoms with E-state index < -0.39 is 8.07 Å². The normalized spacial score (nSPS) is 25.6. The van der Waals surface area contributed by atoms with Gasteiger partial charge < -0.3 is 0 Å². The number of hydrogen-bond donors (Lipinski definition) is 0. The van der Waals surface area contributed by atoms with Crippen molar-refractivity contribution < 1.29 is 0 Å². The van der Waals surface area contributed by atoms with E-state index in [0.717, 1.165) is 0 Å². The molecule has 1 heteroatoms. The van der Waals surface area contributed by atoms with Crippen LogP contribution in [0.1, 0.15) is 65.2 Å². The molecule has 0 bridgehead atoms. The summed E-state index contributed by atoms with van der Waals surface area (Å²) in [6.07, 6.45) is 15.9. The minimum Gasteiger partial charge on any atom is -0.0653 e. The van der Waals surface area contributed by atoms with E-state index in [4.69, 9.17) is 0 Å². The summed E-state index contributed by atoms with van der Waals surface area (Å²) in [4.78, 5) is 0. The highest BCUT2D eigenvalue weighted by molar-refractivity contribution is 6.92. The van der Waals surface area contributed by atoms with Crippen LogP contribution in [0.2, 0.25) is 13.1 Å². The van der Waals surface area contributed by atoms with Crippen molar-refractivity contribution in [1.29, 1.82) is 0 Å². The lowest BCUT2D eigenvalue weighted by atomic mass is 9.93. The van der Waals surface area contributed by atoms with Crippen molar-refractivity contribution in [3.8, 4) is 0 Å². The molecule has 0 saturated heterocycles. The van der Waals surface area contributed by atoms with Crippen LogP contribution in [-0.2, 0) is 0 Å². The average molecular weight is 323 g/mol. The topological polar surface area (TPSA) is 0 Å². The highest BCUT2D eigenvalue weighted by Crippen LogP contribution is 2.51. The summed E-state index contributed by atoms with van der Waals surface area (Å²) in [6, 6.07) is 0. The van der Waals surface area contributed by atoms with Crippen LogP contribution >= 0.6 is 0 Å². The Labute approximate surface area is 143 Å². The second-order valence-corrected chi connectivity index (χ2v) is 12.7. The molecule has 0 N–H and O–H groups in total. The summed E-state index contributed by atoms with van der Waals surface area (Å²) in [5.41, 5.74) is 10.1. The largest absolute Gasteiger partial charge is 0.112 e. The highest BCUT2D eigenvalue weighted by Gasteiger charge is 2.42. The molecule has 0 saturated carbocycles. The summed E-state index contributed by atoms with van der Waals surface area (Å²) in [6.45, 7) is 10.0. The van der Waals surface area contributed by atoms with Crippen molar-refractivity contribution in [2.75, 3.05) is 0 Å². The Bertz CT molecular complexity index is 621. The van der Waals surface area contributed by atoms with Gasteiger partial charge in [-0.1, -0.05) is 45.8 Å². The van der Waals surface area contributed by atoms with E-state index in [0.29, 0.717) is 0 Å². The zero-order valence-corrected chi connectivity index (χ0v) is 16.3. The number of hydrogen-bond acceptors (Lipinski definition) is 0. The van der Waals surface area contributed by atoms with Crippen molar-refractivity contribution in [3.63, 3.8) is 0 Å². The summed E-state index contributed by atoms with van der Waals surface area (Å²) in [5, 5.41) is 3.60. The standard InChI is InChI=1S/C22H30Si/c1-15-13-17-9-5-7-11-19(17)21(15)23(3,4)22-16(2)14-18-10-6-8-12-20(18)22/h13-14H,5-12H2,1-4H3. The van der Waals surface area contributed by atoms with E-state index in [1.54, 1.807) is 43.8 Å². The van der Waals surface area contributed by atoms with Gasteiger partial charge in [0.25, 0.3) is 0 Å². The van der Waals surface area contributed by atoms with Gasteiger partial charge in [0, 0.05) is 12.8 Å². The summed E-state index contributed by atoms with van der Waals surface area (Å²) < 4.78 is 0. The zero-order valence-electron chi connectivity index (χ0n) is 15.3. The molecule has 0 fully saturated rings. The maximum Gasteiger partial charge on any atom is 0.112 e. The third-order valence-corrected chi connectivity index (χ3v) is 10.3. The van der Waals surface area contributed by atoms with E-state index >= 15 is 0 Å². The Hall–Kier alpha value is -0.823. The van der Waals surface area contributed by atoms with Crippen LogP contribution < -0.4 is 0 Å². The van der Waals surface area contributed by atoms with Crippen LogP contribution in [0.5, 0.6) is 0 Å². The van der Waals surface area contributed by atoms with E-state index in [-0.39, 0.29) is 0 Å². The molecule has 0 unspecified atom stereocenters. The summed E-state index contributed by atoms with van der Waals surface area (Å²) in [7, 11) is -1.60. The molecule has 0 nitrogen and oxygen atoms in total. The van der Waals surface area contributed by atoms with Gasteiger partial charge in [0.1, 0.15) is 8.07 Å². The number of allylic oxidation sites excluding steroid dienone is 8. The molecule has 0 aromatic carbocycles. The van der Waals surface area contributed by atoms with Crippen LogP contribution in [0, 0.1) is 12.8 Å². The molecule has 0 atom stereocenters. The predicted octanol–water partition coefficient (Wildman–Crippen LogP) is 6.58. The van der Waals surface area contributed by atoms with Crippen molar-refractivity contribution in [2.24, 2.45) is 0 Å². The molecule has 122 valence electrons. The van der Waals surface area contributed by atoms with Crippen molar-refractivity contribution in [3.05, 3.63) is 56.7 Å². The van der Waals surface area contributed by atoms with Crippen LogP contribution in [0.15, 0.2) is 43.8 Å². The molecule has 0 aliphatic heterocycles. The van der Waals surface area contributed by atoms with Crippen LogP contribution in [0.4, 0.5) is 0 Å². The minimum absolute atomic E-state index is 1.32. The first-order valence-electron chi connectivity index (χ1n) is 9.57. The lowest BCUT2D eigenvalue weighted by Crippen LogP contribution is -2.35. The van der Waals surface area contributed by atoms with E-state index in [1.165, 1.54) is 51.4 Å². The van der Waals surface area contributed by atoms with Gasteiger partial charge in [-0.25, -0.2) is 0 Å². The fourth-order valence-electron chi connectivity index (χ4n) is 5.76. The lowest BCUT2D eigenvalue weighted by Gasteiger charge is -2.34. The zero-order chi connectivity index (χ0) is 16.2. The maximum absolute atomic E-state index is 2.63. The fraction of sp³-hybridized carbons (Fsp3) is 0.545. The van der Waals surface area contributed by atoms with Gasteiger partial charge in [0.05, 0.1) is 0 Å². The van der Waals surface area contributed by atoms with Gasteiger partial charge in [-0.15, -0.1) is 0 Å². The molecule has 4 aliphatic rings. The van der Waals surface area contributed by atoms with Crippen molar-refractivity contribution in [1.82, 2.24) is 0 Å². The summed E-state index contributed by atoms with van der Waals surface area (Å²) >= 11 is 0. The quantitative estimate of drug-likeness (QED) is 0.503. The first kappa shape index (κ1) is 15.7. The predicted molar refractivity (Wildman–Crippen MR) is 102 cm³/mol. The van der Waals surface area contributed by atoms with Gasteiger partial charge in [-0.05, 0) is 76.4 Å². The SMILES string of the molecule is CC1=C([Si](C)(C)C2=C(C)[CH]C3=C2CCCC3)C2=C([CH]1)CCCC2. The smallest absolute Gasteiger partial charge is 0.0653 e. The molecule has 23 heavy (non-hydrogen) atoms.